The number of benzene rings is 2. The SMILES string of the molecule is NC1(Cc2ccccc2)c2ccc(Cl)cc2-c2[nH]c(=O)c3nccn3c21.O.O. The first-order valence-electron chi connectivity index (χ1n) is 8.31. The lowest BCUT2D eigenvalue weighted by molar-refractivity contribution is 0.525. The second kappa shape index (κ2) is 6.88. The van der Waals surface area contributed by atoms with E-state index in [1.54, 1.807) is 16.8 Å². The van der Waals surface area contributed by atoms with E-state index in [4.69, 9.17) is 17.3 Å². The Hall–Kier alpha value is -2.97. The van der Waals surface area contributed by atoms with Gasteiger partial charge in [0.25, 0.3) is 5.56 Å². The fourth-order valence-electron chi connectivity index (χ4n) is 3.97. The molecule has 0 amide bonds. The van der Waals surface area contributed by atoms with Gasteiger partial charge in [-0.15, -0.1) is 0 Å². The van der Waals surface area contributed by atoms with Gasteiger partial charge in [-0.1, -0.05) is 48.0 Å². The summed E-state index contributed by atoms with van der Waals surface area (Å²) in [7, 11) is 0. The highest BCUT2D eigenvalue weighted by atomic mass is 35.5. The second-order valence-electron chi connectivity index (χ2n) is 6.62. The molecule has 0 radical (unpaired) electrons. The highest BCUT2D eigenvalue weighted by molar-refractivity contribution is 6.31. The summed E-state index contributed by atoms with van der Waals surface area (Å²) in [6.07, 6.45) is 3.99. The molecule has 2 aromatic heterocycles. The molecule has 2 heterocycles. The molecule has 0 saturated heterocycles. The van der Waals surface area contributed by atoms with Crippen molar-refractivity contribution in [3.63, 3.8) is 0 Å². The summed E-state index contributed by atoms with van der Waals surface area (Å²) in [6.45, 7) is 0. The number of rotatable bonds is 2. The number of imidazole rings is 1. The van der Waals surface area contributed by atoms with Crippen LogP contribution in [0.4, 0.5) is 0 Å². The smallest absolute Gasteiger partial charge is 0.292 e. The van der Waals surface area contributed by atoms with Gasteiger partial charge in [0, 0.05) is 29.4 Å². The van der Waals surface area contributed by atoms with E-state index in [1.165, 1.54) is 0 Å². The predicted octanol–water partition coefficient (Wildman–Crippen LogP) is 1.45. The highest BCUT2D eigenvalue weighted by Gasteiger charge is 2.43. The Balaban J connectivity index is 0.00000112. The van der Waals surface area contributed by atoms with Crippen molar-refractivity contribution in [2.24, 2.45) is 5.73 Å². The number of nitrogens with one attached hydrogen (secondary N) is 1. The number of fused-ring (bicyclic) bond motifs is 5. The van der Waals surface area contributed by atoms with Crippen molar-refractivity contribution in [1.29, 1.82) is 0 Å². The molecule has 5 rings (SSSR count). The molecule has 28 heavy (non-hydrogen) atoms. The predicted molar refractivity (Wildman–Crippen MR) is 109 cm³/mol. The summed E-state index contributed by atoms with van der Waals surface area (Å²) in [5.74, 6) is 0. The molecule has 1 aliphatic carbocycles. The zero-order valence-electron chi connectivity index (χ0n) is 14.7. The minimum absolute atomic E-state index is 0. The van der Waals surface area contributed by atoms with Crippen molar-refractivity contribution in [3.05, 3.63) is 93.1 Å². The molecule has 0 spiro atoms. The monoisotopic (exact) mass is 398 g/mol. The third-order valence-corrected chi connectivity index (χ3v) is 5.28. The van der Waals surface area contributed by atoms with E-state index in [9.17, 15) is 4.79 Å². The average molecular weight is 399 g/mol. The topological polar surface area (TPSA) is 139 Å². The van der Waals surface area contributed by atoms with Crippen LogP contribution >= 0.6 is 11.6 Å². The third kappa shape index (κ3) is 2.64. The number of nitrogens with zero attached hydrogens (tertiary/aromatic N) is 2. The first-order chi connectivity index (χ1) is 12.6. The normalized spacial score (nSPS) is 16.8. The minimum atomic E-state index is -0.806. The van der Waals surface area contributed by atoms with E-state index in [0.29, 0.717) is 22.8 Å². The summed E-state index contributed by atoms with van der Waals surface area (Å²) in [4.78, 5) is 19.6. The van der Waals surface area contributed by atoms with Crippen molar-refractivity contribution in [3.8, 4) is 11.3 Å². The van der Waals surface area contributed by atoms with Crippen molar-refractivity contribution in [2.75, 3.05) is 0 Å². The Morgan fingerprint density at radius 3 is 2.64 bits per heavy atom. The first kappa shape index (κ1) is 19.8. The number of hydrogen-bond donors (Lipinski definition) is 2. The lowest BCUT2D eigenvalue weighted by Crippen LogP contribution is -2.40. The summed E-state index contributed by atoms with van der Waals surface area (Å²) in [5.41, 5.74) is 10.8. The molecule has 0 aliphatic heterocycles. The van der Waals surface area contributed by atoms with Gasteiger partial charge in [0.15, 0.2) is 0 Å². The number of H-pyrrole nitrogens is 1. The summed E-state index contributed by atoms with van der Waals surface area (Å²) >= 11 is 6.23. The molecule has 8 heteroatoms. The molecule has 0 bridgehead atoms. The molecule has 4 aromatic rings. The maximum Gasteiger partial charge on any atom is 0.292 e. The van der Waals surface area contributed by atoms with Crippen molar-refractivity contribution >= 4 is 17.2 Å². The quantitative estimate of drug-likeness (QED) is 0.528. The molecule has 0 saturated carbocycles. The Bertz CT molecular complexity index is 1220. The summed E-state index contributed by atoms with van der Waals surface area (Å²) in [6, 6.07) is 15.7. The number of aromatic nitrogens is 3. The summed E-state index contributed by atoms with van der Waals surface area (Å²) in [5, 5.41) is 0.602. The van der Waals surface area contributed by atoms with Crippen molar-refractivity contribution in [2.45, 2.75) is 12.0 Å². The summed E-state index contributed by atoms with van der Waals surface area (Å²) < 4.78 is 1.80. The largest absolute Gasteiger partial charge is 0.412 e. The number of hydrogen-bond acceptors (Lipinski definition) is 3. The molecule has 1 aliphatic rings. The van der Waals surface area contributed by atoms with Gasteiger partial charge in [0.05, 0.1) is 16.9 Å². The van der Waals surface area contributed by atoms with Gasteiger partial charge in [-0.25, -0.2) is 4.98 Å². The molecule has 7 nitrogen and oxygen atoms in total. The van der Waals surface area contributed by atoms with E-state index >= 15 is 0 Å². The van der Waals surface area contributed by atoms with E-state index in [2.05, 4.69) is 22.1 Å². The molecule has 2 aromatic carbocycles. The van der Waals surface area contributed by atoms with Crippen LogP contribution in [0, 0.1) is 0 Å². The highest BCUT2D eigenvalue weighted by Crippen LogP contribution is 2.46. The van der Waals surface area contributed by atoms with Crippen LogP contribution in [-0.4, -0.2) is 25.3 Å². The van der Waals surface area contributed by atoms with E-state index < -0.39 is 5.54 Å². The van der Waals surface area contributed by atoms with Gasteiger partial charge >= 0.3 is 0 Å². The zero-order valence-corrected chi connectivity index (χ0v) is 15.5. The number of aromatic amines is 1. The van der Waals surface area contributed by atoms with Crippen LogP contribution in [-0.2, 0) is 12.0 Å². The second-order valence-corrected chi connectivity index (χ2v) is 7.06. The van der Waals surface area contributed by atoms with Gasteiger partial charge < -0.3 is 21.7 Å². The van der Waals surface area contributed by atoms with Crippen LogP contribution in [0.2, 0.25) is 5.02 Å². The standard InChI is InChI=1S/C20H15ClN4O.2H2O/c21-13-6-7-15-14(10-13)16-17(25-9-8-23-18(25)19(26)24-16)20(15,22)11-12-4-2-1-3-5-12;;/h1-10H,11,22H2,(H,24,26);2*1H2. The molecule has 144 valence electrons. The van der Waals surface area contributed by atoms with Gasteiger partial charge in [-0.2, -0.15) is 0 Å². The Labute approximate surface area is 165 Å². The molecule has 7 N–H and O–H groups in total. The van der Waals surface area contributed by atoms with E-state index in [0.717, 1.165) is 22.4 Å². The van der Waals surface area contributed by atoms with Crippen LogP contribution in [0.5, 0.6) is 0 Å². The Morgan fingerprint density at radius 2 is 1.89 bits per heavy atom. The van der Waals surface area contributed by atoms with Gasteiger partial charge in [-0.05, 0) is 23.3 Å². The molecule has 1 unspecified atom stereocenters. The van der Waals surface area contributed by atoms with Crippen LogP contribution in [0.3, 0.4) is 0 Å². The maximum absolute atomic E-state index is 12.5. The minimum Gasteiger partial charge on any atom is -0.412 e. The van der Waals surface area contributed by atoms with Gasteiger partial charge in [0.2, 0.25) is 5.65 Å². The molecule has 1 atom stereocenters. The van der Waals surface area contributed by atoms with Crippen molar-refractivity contribution in [1.82, 2.24) is 14.4 Å². The van der Waals surface area contributed by atoms with Crippen LogP contribution in [0.1, 0.15) is 16.8 Å². The van der Waals surface area contributed by atoms with Crippen LogP contribution in [0.15, 0.2) is 65.7 Å². The number of nitrogens with two attached hydrogens (primary N) is 1. The van der Waals surface area contributed by atoms with Gasteiger partial charge in [0.1, 0.15) is 0 Å². The molecular weight excluding hydrogens is 380 g/mol. The van der Waals surface area contributed by atoms with E-state index in [1.807, 2.05) is 36.4 Å². The zero-order chi connectivity index (χ0) is 17.9. The number of halogens is 1. The molecular formula is C20H19ClN4O3. The first-order valence-corrected chi connectivity index (χ1v) is 8.69. The fraction of sp³-hybridized carbons (Fsp3) is 0.100. The third-order valence-electron chi connectivity index (χ3n) is 5.04. The Morgan fingerprint density at radius 1 is 1.14 bits per heavy atom. The average Bonchev–Trinajstić information content (AvgIpc) is 3.19. The molecule has 0 fully saturated rings. The lowest BCUT2D eigenvalue weighted by Gasteiger charge is -2.27. The maximum atomic E-state index is 12.5. The van der Waals surface area contributed by atoms with Crippen LogP contribution in [0.25, 0.3) is 16.9 Å². The van der Waals surface area contributed by atoms with Crippen LogP contribution < -0.4 is 11.3 Å². The fourth-order valence-corrected chi connectivity index (χ4v) is 4.14. The van der Waals surface area contributed by atoms with Crippen molar-refractivity contribution < 1.29 is 11.0 Å². The van der Waals surface area contributed by atoms with Gasteiger partial charge in [-0.3, -0.25) is 9.20 Å². The lowest BCUT2D eigenvalue weighted by atomic mass is 9.85. The van der Waals surface area contributed by atoms with E-state index in [-0.39, 0.29) is 16.5 Å². The Kier molecular flexibility index (Phi) is 4.86.